The van der Waals surface area contributed by atoms with Gasteiger partial charge in [-0.2, -0.15) is 0 Å². The second kappa shape index (κ2) is 7.70. The van der Waals surface area contributed by atoms with Gasteiger partial charge >= 0.3 is 5.97 Å². The van der Waals surface area contributed by atoms with E-state index in [0.717, 1.165) is 10.5 Å². The zero-order valence-electron chi connectivity index (χ0n) is 14.3. The minimum Gasteiger partial charge on any atom is -0.463 e. The summed E-state index contributed by atoms with van der Waals surface area (Å²) in [6, 6.07) is 19.0. The number of rotatable bonds is 5. The van der Waals surface area contributed by atoms with Crippen molar-refractivity contribution in [2.75, 3.05) is 6.61 Å². The number of benzene rings is 2. The van der Waals surface area contributed by atoms with Crippen LogP contribution in [0.4, 0.5) is 0 Å². The molecule has 1 aliphatic rings. The Labute approximate surface area is 152 Å². The van der Waals surface area contributed by atoms with Crippen LogP contribution in [0.2, 0.25) is 0 Å². The lowest BCUT2D eigenvalue weighted by atomic mass is 9.85. The van der Waals surface area contributed by atoms with E-state index in [0.29, 0.717) is 17.7 Å². The Balaban J connectivity index is 2.02. The topological polar surface area (TPSA) is 43.4 Å². The summed E-state index contributed by atoms with van der Waals surface area (Å²) in [7, 11) is 0. The molecule has 0 bridgehead atoms. The van der Waals surface area contributed by atoms with E-state index in [1.165, 1.54) is 11.8 Å². The van der Waals surface area contributed by atoms with E-state index in [-0.39, 0.29) is 22.9 Å². The number of hydrogen-bond donors (Lipinski definition) is 0. The lowest BCUT2D eigenvalue weighted by Gasteiger charge is -2.21. The van der Waals surface area contributed by atoms with E-state index in [1.807, 2.05) is 67.6 Å². The maximum absolute atomic E-state index is 13.1. The highest BCUT2D eigenvalue weighted by atomic mass is 32.2. The van der Waals surface area contributed by atoms with Crippen LogP contribution in [0.15, 0.2) is 71.1 Å². The van der Waals surface area contributed by atoms with Crippen molar-refractivity contribution in [3.8, 4) is 0 Å². The fourth-order valence-corrected chi connectivity index (χ4v) is 4.54. The zero-order chi connectivity index (χ0) is 17.8. The third kappa shape index (κ3) is 3.54. The predicted octanol–water partition coefficient (Wildman–Crippen LogP) is 4.61. The van der Waals surface area contributed by atoms with Crippen LogP contribution in [0.1, 0.15) is 35.7 Å². The maximum Gasteiger partial charge on any atom is 0.335 e. The monoisotopic (exact) mass is 352 g/mol. The van der Waals surface area contributed by atoms with Gasteiger partial charge in [0.25, 0.3) is 0 Å². The van der Waals surface area contributed by atoms with Gasteiger partial charge in [0.1, 0.15) is 0 Å². The molecule has 3 nitrogen and oxygen atoms in total. The van der Waals surface area contributed by atoms with Gasteiger partial charge in [0.05, 0.1) is 17.4 Å². The molecule has 0 radical (unpaired) electrons. The third-order valence-corrected chi connectivity index (χ3v) is 5.58. The number of esters is 1. The lowest BCUT2D eigenvalue weighted by molar-refractivity contribution is -0.138. The minimum absolute atomic E-state index is 0.0399. The number of ether oxygens (including phenoxy) is 1. The molecule has 0 saturated heterocycles. The van der Waals surface area contributed by atoms with Crippen molar-refractivity contribution in [3.63, 3.8) is 0 Å². The predicted molar refractivity (Wildman–Crippen MR) is 101 cm³/mol. The third-order valence-electron chi connectivity index (χ3n) is 4.27. The van der Waals surface area contributed by atoms with E-state index >= 15 is 0 Å². The van der Waals surface area contributed by atoms with E-state index in [9.17, 15) is 9.59 Å². The summed E-state index contributed by atoms with van der Waals surface area (Å²) in [6.07, 6.45) is 0. The van der Waals surface area contributed by atoms with Crippen LogP contribution >= 0.6 is 11.8 Å². The van der Waals surface area contributed by atoms with Gasteiger partial charge in [0.15, 0.2) is 5.78 Å². The summed E-state index contributed by atoms with van der Waals surface area (Å²) < 4.78 is 5.26. The molecule has 0 aliphatic carbocycles. The molecular formula is C21H20O3S. The average Bonchev–Trinajstić information content (AvgIpc) is 3.00. The van der Waals surface area contributed by atoms with Gasteiger partial charge < -0.3 is 4.74 Å². The molecule has 0 spiro atoms. The van der Waals surface area contributed by atoms with Crippen LogP contribution in [0.5, 0.6) is 0 Å². The fourth-order valence-electron chi connectivity index (χ4n) is 3.15. The molecule has 128 valence electrons. The fraction of sp³-hybridized carbons (Fsp3) is 0.238. The largest absolute Gasteiger partial charge is 0.463 e. The summed E-state index contributed by atoms with van der Waals surface area (Å²) >= 11 is 1.46. The van der Waals surface area contributed by atoms with E-state index in [2.05, 4.69) is 0 Å². The molecule has 0 fully saturated rings. The van der Waals surface area contributed by atoms with Crippen LogP contribution in [0.3, 0.4) is 0 Å². The molecule has 0 N–H and O–H groups in total. The van der Waals surface area contributed by atoms with Crippen LogP contribution in [0.25, 0.3) is 0 Å². The number of hydrogen-bond acceptors (Lipinski definition) is 4. The molecule has 0 amide bonds. The summed E-state index contributed by atoms with van der Waals surface area (Å²) in [5.74, 6) is -0.583. The van der Waals surface area contributed by atoms with Crippen molar-refractivity contribution < 1.29 is 14.3 Å². The standard InChI is InChI=1S/C21H20O3S/c1-3-24-21(23)17-14(2)25-20(18(17)15-10-6-4-7-11-15)19(22)16-12-8-5-9-13-16/h4-13,18,20H,3H2,1-2H3/t18-,20-/m1/s1. The zero-order valence-corrected chi connectivity index (χ0v) is 15.1. The Morgan fingerprint density at radius 2 is 1.60 bits per heavy atom. The quantitative estimate of drug-likeness (QED) is 0.582. The second-order valence-electron chi connectivity index (χ2n) is 5.85. The van der Waals surface area contributed by atoms with Crippen molar-refractivity contribution in [2.45, 2.75) is 25.0 Å². The summed E-state index contributed by atoms with van der Waals surface area (Å²) in [5, 5.41) is -0.357. The first kappa shape index (κ1) is 17.5. The van der Waals surface area contributed by atoms with Crippen LogP contribution < -0.4 is 0 Å². The van der Waals surface area contributed by atoms with Gasteiger partial charge in [0, 0.05) is 11.5 Å². The smallest absolute Gasteiger partial charge is 0.335 e. The van der Waals surface area contributed by atoms with Crippen molar-refractivity contribution in [1.82, 2.24) is 0 Å². The SMILES string of the molecule is CCOC(=O)C1=C(C)S[C@@H](C(=O)c2ccccc2)[C@@H]1c1ccccc1. The molecule has 2 atom stereocenters. The maximum atomic E-state index is 13.1. The lowest BCUT2D eigenvalue weighted by Crippen LogP contribution is -2.26. The normalized spacial score (nSPS) is 19.8. The minimum atomic E-state index is -0.357. The number of Topliss-reactive ketones (excluding diaryl/α,β-unsaturated/α-hetero) is 1. The van der Waals surface area contributed by atoms with Gasteiger partial charge in [-0.15, -0.1) is 11.8 Å². The van der Waals surface area contributed by atoms with Gasteiger partial charge in [0.2, 0.25) is 0 Å². The second-order valence-corrected chi connectivity index (χ2v) is 7.20. The number of allylic oxidation sites excluding steroid dienone is 1. The highest BCUT2D eigenvalue weighted by Gasteiger charge is 2.43. The molecule has 0 aromatic heterocycles. The molecule has 3 rings (SSSR count). The molecular weight excluding hydrogens is 332 g/mol. The molecule has 0 saturated carbocycles. The van der Waals surface area contributed by atoms with Gasteiger partial charge in [-0.1, -0.05) is 60.7 Å². The number of ketones is 1. The van der Waals surface area contributed by atoms with Crippen molar-refractivity contribution in [1.29, 1.82) is 0 Å². The van der Waals surface area contributed by atoms with Crippen molar-refractivity contribution in [2.24, 2.45) is 0 Å². The van der Waals surface area contributed by atoms with E-state index < -0.39 is 0 Å². The molecule has 4 heteroatoms. The number of carbonyl (C=O) groups excluding carboxylic acids is 2. The average molecular weight is 352 g/mol. The number of carbonyl (C=O) groups is 2. The Morgan fingerprint density at radius 1 is 1.00 bits per heavy atom. The first-order valence-electron chi connectivity index (χ1n) is 8.32. The van der Waals surface area contributed by atoms with Crippen LogP contribution in [-0.4, -0.2) is 23.6 Å². The Kier molecular flexibility index (Phi) is 5.39. The van der Waals surface area contributed by atoms with Crippen molar-refractivity contribution in [3.05, 3.63) is 82.3 Å². The molecule has 25 heavy (non-hydrogen) atoms. The van der Waals surface area contributed by atoms with Gasteiger partial charge in [-0.05, 0) is 24.3 Å². The van der Waals surface area contributed by atoms with Crippen LogP contribution in [-0.2, 0) is 9.53 Å². The summed E-state index contributed by atoms with van der Waals surface area (Å²) in [6.45, 7) is 4.00. The molecule has 1 heterocycles. The highest BCUT2D eigenvalue weighted by molar-refractivity contribution is 8.04. The molecule has 1 aliphatic heterocycles. The molecule has 0 unspecified atom stereocenters. The van der Waals surface area contributed by atoms with Crippen molar-refractivity contribution >= 4 is 23.5 Å². The van der Waals surface area contributed by atoms with Gasteiger partial charge in [-0.25, -0.2) is 4.79 Å². The Hall–Kier alpha value is -2.33. The van der Waals surface area contributed by atoms with Crippen LogP contribution in [0, 0.1) is 0 Å². The first-order chi connectivity index (χ1) is 12.1. The summed E-state index contributed by atoms with van der Waals surface area (Å²) in [5.41, 5.74) is 2.23. The van der Waals surface area contributed by atoms with E-state index in [1.54, 1.807) is 6.92 Å². The van der Waals surface area contributed by atoms with Gasteiger partial charge in [-0.3, -0.25) is 4.79 Å². The highest BCUT2D eigenvalue weighted by Crippen LogP contribution is 2.49. The Morgan fingerprint density at radius 3 is 2.20 bits per heavy atom. The van der Waals surface area contributed by atoms with E-state index in [4.69, 9.17) is 4.74 Å². The molecule has 2 aromatic rings. The molecule has 2 aromatic carbocycles. The summed E-state index contributed by atoms with van der Waals surface area (Å²) in [4.78, 5) is 26.5. The number of thioether (sulfide) groups is 1. The Bertz CT molecular complexity index is 796. The first-order valence-corrected chi connectivity index (χ1v) is 9.20.